The third-order valence-corrected chi connectivity index (χ3v) is 4.89. The average molecular weight is 363 g/mol. The Morgan fingerprint density at radius 2 is 1.57 bits per heavy atom. The van der Waals surface area contributed by atoms with Crippen molar-refractivity contribution in [1.29, 1.82) is 0 Å². The number of ketones is 1. The number of hydrogen-bond donors (Lipinski definition) is 0. The molecule has 1 unspecified atom stereocenters. The van der Waals surface area contributed by atoms with Gasteiger partial charge in [0.15, 0.2) is 5.78 Å². The van der Waals surface area contributed by atoms with Gasteiger partial charge in [0.05, 0.1) is 4.83 Å². The van der Waals surface area contributed by atoms with Crippen molar-refractivity contribution in [2.24, 2.45) is 5.92 Å². The molecular weight excluding hydrogens is 344 g/mol. The SMILES string of the molecule is CC(C)CC(Br)C(=O)c1ccc(Sc2ccccc2)cc1. The minimum atomic E-state index is -0.0925. The normalized spacial score (nSPS) is 12.4. The van der Waals surface area contributed by atoms with E-state index < -0.39 is 0 Å². The molecule has 0 spiro atoms. The van der Waals surface area contributed by atoms with Crippen molar-refractivity contribution in [3.8, 4) is 0 Å². The molecule has 2 rings (SSSR count). The Kier molecular flexibility index (Phi) is 6.07. The summed E-state index contributed by atoms with van der Waals surface area (Å²) < 4.78 is 0. The van der Waals surface area contributed by atoms with Gasteiger partial charge in [-0.05, 0) is 36.6 Å². The zero-order valence-corrected chi connectivity index (χ0v) is 14.7. The second-order valence-electron chi connectivity index (χ2n) is 5.40. The van der Waals surface area contributed by atoms with Crippen LogP contribution in [0.4, 0.5) is 0 Å². The van der Waals surface area contributed by atoms with E-state index in [1.165, 1.54) is 4.90 Å². The lowest BCUT2D eigenvalue weighted by Gasteiger charge is -2.11. The molecule has 2 aromatic rings. The van der Waals surface area contributed by atoms with Gasteiger partial charge in [0.1, 0.15) is 0 Å². The van der Waals surface area contributed by atoms with Crippen molar-refractivity contribution < 1.29 is 4.79 Å². The van der Waals surface area contributed by atoms with Gasteiger partial charge in [0.2, 0.25) is 0 Å². The largest absolute Gasteiger partial charge is 0.293 e. The van der Waals surface area contributed by atoms with Gasteiger partial charge in [-0.1, -0.05) is 71.9 Å². The highest BCUT2D eigenvalue weighted by Gasteiger charge is 2.17. The Hall–Kier alpha value is -1.06. The number of carbonyl (C=O) groups is 1. The van der Waals surface area contributed by atoms with Crippen molar-refractivity contribution in [3.63, 3.8) is 0 Å². The summed E-state index contributed by atoms with van der Waals surface area (Å²) in [6.45, 7) is 4.25. The topological polar surface area (TPSA) is 17.1 Å². The molecule has 0 aliphatic heterocycles. The standard InChI is InChI=1S/C18H19BrOS/c1-13(2)12-17(19)18(20)14-8-10-16(11-9-14)21-15-6-4-3-5-7-15/h3-11,13,17H,12H2,1-2H3. The quantitative estimate of drug-likeness (QED) is 0.474. The summed E-state index contributed by atoms with van der Waals surface area (Å²) in [5, 5.41) is 0. The van der Waals surface area contributed by atoms with Gasteiger partial charge in [-0.15, -0.1) is 0 Å². The van der Waals surface area contributed by atoms with E-state index in [1.807, 2.05) is 42.5 Å². The first-order chi connectivity index (χ1) is 10.1. The first-order valence-corrected chi connectivity index (χ1v) is 8.80. The van der Waals surface area contributed by atoms with Crippen LogP contribution in [0.15, 0.2) is 64.4 Å². The van der Waals surface area contributed by atoms with Gasteiger partial charge < -0.3 is 0 Å². The summed E-state index contributed by atoms with van der Waals surface area (Å²) in [5.74, 6) is 0.672. The monoisotopic (exact) mass is 362 g/mol. The number of rotatable bonds is 6. The fourth-order valence-electron chi connectivity index (χ4n) is 2.01. The molecule has 0 aromatic heterocycles. The van der Waals surface area contributed by atoms with E-state index in [0.29, 0.717) is 5.92 Å². The molecule has 1 atom stereocenters. The lowest BCUT2D eigenvalue weighted by atomic mass is 10.0. The minimum Gasteiger partial charge on any atom is -0.293 e. The second kappa shape index (κ2) is 7.81. The molecule has 0 N–H and O–H groups in total. The molecule has 0 aliphatic carbocycles. The second-order valence-corrected chi connectivity index (χ2v) is 7.65. The molecule has 0 aliphatic rings. The van der Waals surface area contributed by atoms with Crippen LogP contribution in [0.2, 0.25) is 0 Å². The van der Waals surface area contributed by atoms with Crippen LogP contribution in [0, 0.1) is 5.92 Å². The molecule has 21 heavy (non-hydrogen) atoms. The summed E-state index contributed by atoms with van der Waals surface area (Å²) in [5.41, 5.74) is 0.773. The van der Waals surface area contributed by atoms with Crippen LogP contribution in [-0.4, -0.2) is 10.6 Å². The Balaban J connectivity index is 2.03. The van der Waals surface area contributed by atoms with E-state index >= 15 is 0 Å². The van der Waals surface area contributed by atoms with Crippen molar-refractivity contribution in [2.75, 3.05) is 0 Å². The van der Waals surface area contributed by atoms with Crippen LogP contribution in [0.5, 0.6) is 0 Å². The lowest BCUT2D eigenvalue weighted by Crippen LogP contribution is -2.16. The van der Waals surface area contributed by atoms with Crippen LogP contribution >= 0.6 is 27.7 Å². The Morgan fingerprint density at radius 3 is 2.14 bits per heavy atom. The van der Waals surface area contributed by atoms with Gasteiger partial charge in [0.25, 0.3) is 0 Å². The third kappa shape index (κ3) is 5.01. The maximum absolute atomic E-state index is 12.3. The Labute approximate surface area is 139 Å². The number of halogens is 1. The predicted molar refractivity (Wildman–Crippen MR) is 93.5 cm³/mol. The van der Waals surface area contributed by atoms with Crippen LogP contribution < -0.4 is 0 Å². The van der Waals surface area contributed by atoms with Gasteiger partial charge >= 0.3 is 0 Å². The maximum atomic E-state index is 12.3. The Morgan fingerprint density at radius 1 is 1.00 bits per heavy atom. The highest BCUT2D eigenvalue weighted by atomic mass is 79.9. The molecule has 1 nitrogen and oxygen atoms in total. The molecule has 0 amide bonds. The summed E-state index contributed by atoms with van der Waals surface area (Å²) in [6, 6.07) is 18.1. The molecule has 0 fully saturated rings. The molecule has 0 bridgehead atoms. The first kappa shape index (κ1) is 16.3. The molecular formula is C18H19BrOS. The first-order valence-electron chi connectivity index (χ1n) is 7.07. The van der Waals surface area contributed by atoms with E-state index in [-0.39, 0.29) is 10.6 Å². The molecule has 0 radical (unpaired) electrons. The lowest BCUT2D eigenvalue weighted by molar-refractivity contribution is 0.0984. The van der Waals surface area contributed by atoms with E-state index in [9.17, 15) is 4.79 Å². The third-order valence-electron chi connectivity index (χ3n) is 3.08. The van der Waals surface area contributed by atoms with Gasteiger partial charge in [-0.3, -0.25) is 4.79 Å². The van der Waals surface area contributed by atoms with E-state index in [2.05, 4.69) is 41.9 Å². The van der Waals surface area contributed by atoms with Gasteiger partial charge in [-0.2, -0.15) is 0 Å². The highest BCUT2D eigenvalue weighted by molar-refractivity contribution is 9.10. The number of Topliss-reactive ketones (excluding diaryl/α,β-unsaturated/α-hetero) is 1. The highest BCUT2D eigenvalue weighted by Crippen LogP contribution is 2.28. The van der Waals surface area contributed by atoms with E-state index in [1.54, 1.807) is 11.8 Å². The van der Waals surface area contributed by atoms with Crippen molar-refractivity contribution in [1.82, 2.24) is 0 Å². The van der Waals surface area contributed by atoms with Crippen molar-refractivity contribution in [3.05, 3.63) is 60.2 Å². The van der Waals surface area contributed by atoms with Gasteiger partial charge in [0, 0.05) is 15.4 Å². The zero-order chi connectivity index (χ0) is 15.2. The Bertz CT molecular complexity index is 578. The number of carbonyl (C=O) groups excluding carboxylic acids is 1. The fourth-order valence-corrected chi connectivity index (χ4v) is 3.86. The molecule has 0 saturated heterocycles. The number of benzene rings is 2. The summed E-state index contributed by atoms with van der Waals surface area (Å²) in [4.78, 5) is 14.6. The predicted octanol–water partition coefficient (Wildman–Crippen LogP) is 5.83. The minimum absolute atomic E-state index is 0.0925. The summed E-state index contributed by atoms with van der Waals surface area (Å²) >= 11 is 5.20. The fraction of sp³-hybridized carbons (Fsp3) is 0.278. The zero-order valence-electron chi connectivity index (χ0n) is 12.3. The van der Waals surface area contributed by atoms with Crippen molar-refractivity contribution in [2.45, 2.75) is 34.9 Å². The average Bonchev–Trinajstić information content (AvgIpc) is 2.47. The number of alkyl halides is 1. The molecule has 110 valence electrons. The molecule has 0 saturated carbocycles. The van der Waals surface area contributed by atoms with Crippen LogP contribution in [0.25, 0.3) is 0 Å². The number of hydrogen-bond acceptors (Lipinski definition) is 2. The van der Waals surface area contributed by atoms with E-state index in [0.717, 1.165) is 16.9 Å². The smallest absolute Gasteiger partial charge is 0.176 e. The van der Waals surface area contributed by atoms with Crippen LogP contribution in [-0.2, 0) is 0 Å². The maximum Gasteiger partial charge on any atom is 0.176 e. The molecule has 0 heterocycles. The molecule has 3 heteroatoms. The van der Waals surface area contributed by atoms with Crippen LogP contribution in [0.3, 0.4) is 0 Å². The van der Waals surface area contributed by atoms with Crippen LogP contribution in [0.1, 0.15) is 30.6 Å². The van der Waals surface area contributed by atoms with Gasteiger partial charge in [-0.25, -0.2) is 0 Å². The van der Waals surface area contributed by atoms with Crippen molar-refractivity contribution >= 4 is 33.5 Å². The van der Waals surface area contributed by atoms with E-state index in [4.69, 9.17) is 0 Å². The summed E-state index contributed by atoms with van der Waals surface area (Å²) in [6.07, 6.45) is 0.860. The molecule has 2 aromatic carbocycles. The summed E-state index contributed by atoms with van der Waals surface area (Å²) in [7, 11) is 0.